The summed E-state index contributed by atoms with van der Waals surface area (Å²) in [5.41, 5.74) is 7.86. The van der Waals surface area contributed by atoms with Crippen molar-refractivity contribution < 1.29 is 9.42 Å². The van der Waals surface area contributed by atoms with Crippen LogP contribution in [0.5, 0.6) is 0 Å². The first-order valence-electron chi connectivity index (χ1n) is 8.02. The van der Waals surface area contributed by atoms with Crippen molar-refractivity contribution in [2.24, 2.45) is 0 Å². The van der Waals surface area contributed by atoms with Crippen LogP contribution in [0.1, 0.15) is 23.7 Å². The Labute approximate surface area is 143 Å². The Balaban J connectivity index is 2.02. The summed E-state index contributed by atoms with van der Waals surface area (Å²) in [6.07, 6.45) is 3.98. The Morgan fingerprint density at radius 3 is 2.84 bits per heavy atom. The lowest BCUT2D eigenvalue weighted by molar-refractivity contribution is 0.0954. The van der Waals surface area contributed by atoms with Crippen LogP contribution in [0.25, 0.3) is 22.6 Å². The third-order valence-electron chi connectivity index (χ3n) is 3.83. The number of nitrogen functional groups attached to an aromatic ring is 1. The molecule has 0 radical (unpaired) electrons. The molecule has 3 aromatic heterocycles. The number of fused-ring (bicyclic) bond motifs is 1. The lowest BCUT2D eigenvalue weighted by atomic mass is 10.2. The van der Waals surface area contributed by atoms with Gasteiger partial charge in [0.05, 0.1) is 17.3 Å². The average Bonchev–Trinajstić information content (AvgIpc) is 3.20. The number of pyridine rings is 1. The molecule has 10 nitrogen and oxygen atoms in total. The highest BCUT2D eigenvalue weighted by atomic mass is 16.6. The fourth-order valence-corrected chi connectivity index (χ4v) is 2.66. The Bertz CT molecular complexity index is 885. The van der Waals surface area contributed by atoms with Gasteiger partial charge in [0.15, 0.2) is 17.3 Å². The maximum Gasteiger partial charge on any atom is 0.255 e. The molecule has 132 valence electrons. The molecule has 0 saturated heterocycles. The number of hydrogen-bond acceptors (Lipinski definition) is 8. The molecular formula is C15H20N8O2. The minimum Gasteiger partial charge on any atom is -0.379 e. The van der Waals surface area contributed by atoms with E-state index < -0.39 is 0 Å². The minimum atomic E-state index is -0.193. The molecule has 0 bridgehead atoms. The Kier molecular flexibility index (Phi) is 4.89. The average molecular weight is 344 g/mol. The van der Waals surface area contributed by atoms with Crippen molar-refractivity contribution in [1.82, 2.24) is 35.5 Å². The molecule has 3 heterocycles. The van der Waals surface area contributed by atoms with Crippen LogP contribution >= 0.6 is 0 Å². The number of hydrogen-bond donors (Lipinski definition) is 3. The van der Waals surface area contributed by atoms with Crippen molar-refractivity contribution in [2.45, 2.75) is 19.9 Å². The summed E-state index contributed by atoms with van der Waals surface area (Å²) in [6, 6.07) is 0. The van der Waals surface area contributed by atoms with E-state index in [2.05, 4.69) is 35.5 Å². The highest BCUT2D eigenvalue weighted by Crippen LogP contribution is 2.27. The summed E-state index contributed by atoms with van der Waals surface area (Å²) < 4.78 is 6.53. The predicted molar refractivity (Wildman–Crippen MR) is 91.8 cm³/mol. The van der Waals surface area contributed by atoms with Gasteiger partial charge in [-0.1, -0.05) is 0 Å². The first-order valence-corrected chi connectivity index (χ1v) is 8.02. The predicted octanol–water partition coefficient (Wildman–Crippen LogP) is 0.423. The zero-order valence-electron chi connectivity index (χ0n) is 14.1. The molecule has 0 saturated carbocycles. The van der Waals surface area contributed by atoms with Crippen LogP contribution in [-0.2, 0) is 6.54 Å². The van der Waals surface area contributed by atoms with Crippen LogP contribution in [-0.4, -0.2) is 50.9 Å². The van der Waals surface area contributed by atoms with Crippen LogP contribution in [0.2, 0.25) is 0 Å². The molecule has 3 aromatic rings. The number of aromatic nitrogens is 5. The largest absolute Gasteiger partial charge is 0.379 e. The molecule has 1 amide bonds. The molecule has 25 heavy (non-hydrogen) atoms. The molecular weight excluding hydrogens is 324 g/mol. The molecule has 0 unspecified atom stereocenters. The van der Waals surface area contributed by atoms with Crippen LogP contribution in [0.4, 0.5) is 5.82 Å². The molecule has 0 spiro atoms. The fraction of sp³-hybridized carbons (Fsp3) is 0.400. The molecule has 0 fully saturated rings. The number of amides is 1. The van der Waals surface area contributed by atoms with Gasteiger partial charge in [-0.25, -0.2) is 9.61 Å². The van der Waals surface area contributed by atoms with Gasteiger partial charge in [0.1, 0.15) is 5.52 Å². The number of carbonyl (C=O) groups is 1. The highest BCUT2D eigenvalue weighted by Gasteiger charge is 2.22. The normalized spacial score (nSPS) is 11.1. The lowest BCUT2D eigenvalue weighted by Gasteiger charge is -2.09. The number of carbonyl (C=O) groups excluding carboxylic acids is 1. The number of anilines is 1. The maximum absolute atomic E-state index is 12.6. The topological polar surface area (TPSA) is 137 Å². The zero-order valence-corrected chi connectivity index (χ0v) is 14.1. The maximum atomic E-state index is 12.6. The molecule has 4 N–H and O–H groups in total. The lowest BCUT2D eigenvalue weighted by Crippen LogP contribution is -2.27. The van der Waals surface area contributed by atoms with E-state index in [0.29, 0.717) is 41.2 Å². The summed E-state index contributed by atoms with van der Waals surface area (Å²) in [5, 5.41) is 13.3. The van der Waals surface area contributed by atoms with Gasteiger partial charge in [-0.05, 0) is 37.3 Å². The van der Waals surface area contributed by atoms with E-state index in [4.69, 9.17) is 5.73 Å². The van der Waals surface area contributed by atoms with Gasteiger partial charge in [-0.3, -0.25) is 9.78 Å². The van der Waals surface area contributed by atoms with Crippen LogP contribution in [0.3, 0.4) is 0 Å². The van der Waals surface area contributed by atoms with Gasteiger partial charge in [-0.15, -0.1) is 0 Å². The minimum absolute atomic E-state index is 0.149. The Morgan fingerprint density at radius 1 is 1.32 bits per heavy atom. The second-order valence-corrected chi connectivity index (χ2v) is 5.45. The standard InChI is InChI=1S/C15H20N8O2/c1-3-23-12-9(15(24)19-6-4-5-17-2)7-18-8-10(12)20-14(23)11-13(16)22-25-21-11/h7-8,17H,3-6H2,1-2H3,(H2,16,22)(H,19,24). The van der Waals surface area contributed by atoms with E-state index in [1.54, 1.807) is 6.20 Å². The van der Waals surface area contributed by atoms with Gasteiger partial charge in [0.25, 0.3) is 5.91 Å². The molecule has 0 aliphatic carbocycles. The molecule has 10 heteroatoms. The summed E-state index contributed by atoms with van der Waals surface area (Å²) in [4.78, 5) is 21.2. The van der Waals surface area contributed by atoms with Gasteiger partial charge >= 0.3 is 0 Å². The Morgan fingerprint density at radius 2 is 2.16 bits per heavy atom. The van der Waals surface area contributed by atoms with Gasteiger partial charge in [-0.2, -0.15) is 0 Å². The number of aryl methyl sites for hydroxylation is 1. The van der Waals surface area contributed by atoms with Crippen molar-refractivity contribution in [3.8, 4) is 11.5 Å². The summed E-state index contributed by atoms with van der Waals surface area (Å²) in [6.45, 7) is 3.92. The van der Waals surface area contributed by atoms with E-state index in [1.807, 2.05) is 18.5 Å². The quantitative estimate of drug-likeness (QED) is 0.525. The van der Waals surface area contributed by atoms with Crippen molar-refractivity contribution in [3.63, 3.8) is 0 Å². The van der Waals surface area contributed by atoms with Crippen LogP contribution in [0, 0.1) is 0 Å². The summed E-state index contributed by atoms with van der Waals surface area (Å²) in [5.74, 6) is 0.450. The fourth-order valence-electron chi connectivity index (χ4n) is 2.66. The van der Waals surface area contributed by atoms with E-state index in [-0.39, 0.29) is 11.7 Å². The number of imidazole rings is 1. The van der Waals surface area contributed by atoms with Crippen molar-refractivity contribution in [2.75, 3.05) is 25.9 Å². The molecule has 3 rings (SSSR count). The number of nitrogens with two attached hydrogens (primary N) is 1. The highest BCUT2D eigenvalue weighted by molar-refractivity contribution is 6.05. The van der Waals surface area contributed by atoms with Gasteiger partial charge in [0, 0.05) is 19.3 Å². The molecule has 0 aliphatic heterocycles. The van der Waals surface area contributed by atoms with E-state index in [0.717, 1.165) is 13.0 Å². The summed E-state index contributed by atoms with van der Waals surface area (Å²) in [7, 11) is 1.87. The first-order chi connectivity index (χ1) is 12.2. The second kappa shape index (κ2) is 7.26. The third-order valence-corrected chi connectivity index (χ3v) is 3.83. The summed E-state index contributed by atoms with van der Waals surface area (Å²) >= 11 is 0. The Hall–Kier alpha value is -3.01. The smallest absolute Gasteiger partial charge is 0.255 e. The van der Waals surface area contributed by atoms with Crippen molar-refractivity contribution in [1.29, 1.82) is 0 Å². The van der Waals surface area contributed by atoms with Gasteiger partial charge < -0.3 is 20.9 Å². The zero-order chi connectivity index (χ0) is 17.8. The van der Waals surface area contributed by atoms with E-state index >= 15 is 0 Å². The van der Waals surface area contributed by atoms with Crippen molar-refractivity contribution in [3.05, 3.63) is 18.0 Å². The number of rotatable bonds is 7. The number of nitrogens with one attached hydrogen (secondary N) is 2. The molecule has 0 aliphatic rings. The van der Waals surface area contributed by atoms with Crippen LogP contribution < -0.4 is 16.4 Å². The van der Waals surface area contributed by atoms with Gasteiger partial charge in [0.2, 0.25) is 0 Å². The second-order valence-electron chi connectivity index (χ2n) is 5.45. The SMILES string of the molecule is CCn1c(-c2nonc2N)nc2cncc(C(=O)NCCCNC)c21. The van der Waals surface area contributed by atoms with E-state index in [9.17, 15) is 4.79 Å². The molecule has 0 atom stereocenters. The van der Waals surface area contributed by atoms with E-state index in [1.165, 1.54) is 6.20 Å². The monoisotopic (exact) mass is 344 g/mol. The number of nitrogens with zero attached hydrogens (tertiary/aromatic N) is 5. The first kappa shape index (κ1) is 16.8. The van der Waals surface area contributed by atoms with Crippen molar-refractivity contribution >= 4 is 22.8 Å². The van der Waals surface area contributed by atoms with Crippen LogP contribution in [0.15, 0.2) is 17.0 Å². The molecule has 0 aromatic carbocycles. The third kappa shape index (κ3) is 3.15.